The van der Waals surface area contributed by atoms with Crippen molar-refractivity contribution < 1.29 is 8.78 Å². The second-order valence-electron chi connectivity index (χ2n) is 2.85. The fourth-order valence-corrected chi connectivity index (χ4v) is 2.42. The van der Waals surface area contributed by atoms with Gasteiger partial charge in [-0.1, -0.05) is 12.1 Å². The lowest BCUT2D eigenvalue weighted by Crippen LogP contribution is -2.13. The molecule has 1 nitrogen and oxygen atoms in total. The van der Waals surface area contributed by atoms with Crippen LogP contribution in [0.3, 0.4) is 0 Å². The fraction of sp³-hybridized carbons (Fsp3) is 0.333. The number of hydrogen-bond donors (Lipinski definition) is 1. The zero-order valence-electron chi connectivity index (χ0n) is 6.89. The molecular formula is C9H9F2NS. The first-order valence-corrected chi connectivity index (χ1v) is 5.13. The van der Waals surface area contributed by atoms with Crippen LogP contribution in [0.5, 0.6) is 0 Å². The number of nitrogens with one attached hydrogen (secondary N) is 1. The second-order valence-corrected chi connectivity index (χ2v) is 4.06. The number of hydrogen-bond acceptors (Lipinski definition) is 2. The van der Waals surface area contributed by atoms with Crippen LogP contribution in [-0.2, 0) is 0 Å². The average molecular weight is 201 g/mol. The molecule has 1 aliphatic heterocycles. The Morgan fingerprint density at radius 3 is 2.92 bits per heavy atom. The van der Waals surface area contributed by atoms with Gasteiger partial charge in [0.25, 0.3) is 0 Å². The summed E-state index contributed by atoms with van der Waals surface area (Å²) in [6.07, 6.45) is 0. The maximum Gasteiger partial charge on any atom is 0.164 e. The Labute approximate surface area is 79.5 Å². The molecular weight excluding hydrogens is 192 g/mol. The summed E-state index contributed by atoms with van der Waals surface area (Å²) in [5, 5.41) is 3.01. The third kappa shape index (κ3) is 1.69. The predicted molar refractivity (Wildman–Crippen MR) is 49.6 cm³/mol. The van der Waals surface area contributed by atoms with Crippen molar-refractivity contribution in [3.05, 3.63) is 35.4 Å². The monoisotopic (exact) mass is 201 g/mol. The Bertz CT molecular complexity index is 310. The van der Waals surface area contributed by atoms with Gasteiger partial charge < -0.3 is 5.32 Å². The van der Waals surface area contributed by atoms with Crippen LogP contribution in [0.4, 0.5) is 8.78 Å². The first-order valence-electron chi connectivity index (χ1n) is 4.08. The Balaban J connectivity index is 2.33. The van der Waals surface area contributed by atoms with Crippen molar-refractivity contribution in [1.29, 1.82) is 0 Å². The molecule has 1 atom stereocenters. The van der Waals surface area contributed by atoms with E-state index in [1.54, 1.807) is 17.8 Å². The Morgan fingerprint density at radius 2 is 2.23 bits per heavy atom. The Morgan fingerprint density at radius 1 is 1.38 bits per heavy atom. The van der Waals surface area contributed by atoms with E-state index in [2.05, 4.69) is 5.32 Å². The molecule has 0 bridgehead atoms. The second kappa shape index (κ2) is 3.64. The number of halogens is 2. The lowest BCUT2D eigenvalue weighted by atomic mass is 10.2. The topological polar surface area (TPSA) is 12.0 Å². The summed E-state index contributed by atoms with van der Waals surface area (Å²) in [6, 6.07) is 4.29. The summed E-state index contributed by atoms with van der Waals surface area (Å²) in [4.78, 5) is 0. The summed E-state index contributed by atoms with van der Waals surface area (Å²) >= 11 is 1.60. The Kier molecular flexibility index (Phi) is 2.51. The zero-order chi connectivity index (χ0) is 9.26. The third-order valence-corrected chi connectivity index (χ3v) is 3.17. The van der Waals surface area contributed by atoms with Crippen LogP contribution < -0.4 is 5.32 Å². The summed E-state index contributed by atoms with van der Waals surface area (Å²) in [5.74, 6) is -0.554. The van der Waals surface area contributed by atoms with Crippen LogP contribution in [0.2, 0.25) is 0 Å². The van der Waals surface area contributed by atoms with Crippen LogP contribution in [0.25, 0.3) is 0 Å². The van der Waals surface area contributed by atoms with Gasteiger partial charge in [0.05, 0.1) is 5.37 Å². The molecule has 4 heteroatoms. The van der Waals surface area contributed by atoms with Gasteiger partial charge in [-0.15, -0.1) is 11.8 Å². The minimum absolute atomic E-state index is 0.0873. The SMILES string of the molecule is Fc1cccc(C2NCCS2)c1F. The number of thioether (sulfide) groups is 1. The van der Waals surface area contributed by atoms with Gasteiger partial charge >= 0.3 is 0 Å². The van der Waals surface area contributed by atoms with Crippen molar-refractivity contribution in [2.75, 3.05) is 12.3 Å². The first kappa shape index (κ1) is 8.97. The Hall–Kier alpha value is -0.610. The van der Waals surface area contributed by atoms with Crippen molar-refractivity contribution in [1.82, 2.24) is 5.32 Å². The third-order valence-electron chi connectivity index (χ3n) is 1.98. The summed E-state index contributed by atoms with van der Waals surface area (Å²) in [6.45, 7) is 0.852. The molecule has 1 aromatic carbocycles. The standard InChI is InChI=1S/C9H9F2NS/c10-7-3-1-2-6(8(7)11)9-12-4-5-13-9/h1-3,9,12H,4-5H2. The van der Waals surface area contributed by atoms with E-state index in [1.807, 2.05) is 0 Å². The first-order chi connectivity index (χ1) is 6.29. The quantitative estimate of drug-likeness (QED) is 0.748. The van der Waals surface area contributed by atoms with Gasteiger partial charge in [0, 0.05) is 17.9 Å². The van der Waals surface area contributed by atoms with E-state index < -0.39 is 11.6 Å². The molecule has 1 saturated heterocycles. The van der Waals surface area contributed by atoms with Crippen molar-refractivity contribution in [3.63, 3.8) is 0 Å². The van der Waals surface area contributed by atoms with E-state index in [9.17, 15) is 8.78 Å². The zero-order valence-corrected chi connectivity index (χ0v) is 7.70. The highest BCUT2D eigenvalue weighted by Crippen LogP contribution is 2.31. The van der Waals surface area contributed by atoms with Gasteiger partial charge in [-0.3, -0.25) is 0 Å². The summed E-state index contributed by atoms with van der Waals surface area (Å²) in [5.41, 5.74) is 0.419. The van der Waals surface area contributed by atoms with E-state index in [0.29, 0.717) is 5.56 Å². The minimum atomic E-state index is -0.771. The summed E-state index contributed by atoms with van der Waals surface area (Å²) < 4.78 is 26.0. The summed E-state index contributed by atoms with van der Waals surface area (Å²) in [7, 11) is 0. The molecule has 0 amide bonds. The van der Waals surface area contributed by atoms with E-state index in [-0.39, 0.29) is 5.37 Å². The molecule has 1 aromatic rings. The van der Waals surface area contributed by atoms with E-state index in [0.717, 1.165) is 18.4 Å². The molecule has 1 fully saturated rings. The molecule has 1 aliphatic rings. The smallest absolute Gasteiger partial charge is 0.164 e. The van der Waals surface area contributed by atoms with Crippen LogP contribution in [0.1, 0.15) is 10.9 Å². The van der Waals surface area contributed by atoms with Crippen LogP contribution in [0.15, 0.2) is 18.2 Å². The van der Waals surface area contributed by atoms with Crippen molar-refractivity contribution >= 4 is 11.8 Å². The maximum absolute atomic E-state index is 13.2. The molecule has 0 radical (unpaired) electrons. The molecule has 13 heavy (non-hydrogen) atoms. The maximum atomic E-state index is 13.2. The minimum Gasteiger partial charge on any atom is -0.301 e. The van der Waals surface area contributed by atoms with Gasteiger partial charge in [0.15, 0.2) is 11.6 Å². The van der Waals surface area contributed by atoms with Gasteiger partial charge in [0.1, 0.15) is 0 Å². The molecule has 70 valence electrons. The average Bonchev–Trinajstić information content (AvgIpc) is 2.62. The molecule has 0 saturated carbocycles. The highest BCUT2D eigenvalue weighted by atomic mass is 32.2. The highest BCUT2D eigenvalue weighted by molar-refractivity contribution is 7.99. The highest BCUT2D eigenvalue weighted by Gasteiger charge is 2.21. The van der Waals surface area contributed by atoms with Crippen molar-refractivity contribution in [2.24, 2.45) is 0 Å². The molecule has 1 unspecified atom stereocenters. The predicted octanol–water partition coefficient (Wildman–Crippen LogP) is 2.30. The fourth-order valence-electron chi connectivity index (χ4n) is 1.35. The lowest BCUT2D eigenvalue weighted by molar-refractivity contribution is 0.494. The molecule has 2 rings (SSSR count). The van der Waals surface area contributed by atoms with E-state index >= 15 is 0 Å². The van der Waals surface area contributed by atoms with Gasteiger partial charge in [-0.25, -0.2) is 8.78 Å². The van der Waals surface area contributed by atoms with E-state index in [1.165, 1.54) is 6.07 Å². The molecule has 1 heterocycles. The lowest BCUT2D eigenvalue weighted by Gasteiger charge is -2.10. The van der Waals surface area contributed by atoms with Crippen LogP contribution >= 0.6 is 11.8 Å². The largest absolute Gasteiger partial charge is 0.301 e. The molecule has 0 aliphatic carbocycles. The molecule has 0 aromatic heterocycles. The number of rotatable bonds is 1. The normalized spacial score (nSPS) is 22.2. The van der Waals surface area contributed by atoms with Crippen molar-refractivity contribution in [2.45, 2.75) is 5.37 Å². The molecule has 0 spiro atoms. The van der Waals surface area contributed by atoms with Crippen molar-refractivity contribution in [3.8, 4) is 0 Å². The van der Waals surface area contributed by atoms with E-state index in [4.69, 9.17) is 0 Å². The van der Waals surface area contributed by atoms with Crippen LogP contribution in [0, 0.1) is 11.6 Å². The number of benzene rings is 1. The van der Waals surface area contributed by atoms with Gasteiger partial charge in [-0.2, -0.15) is 0 Å². The van der Waals surface area contributed by atoms with Gasteiger partial charge in [-0.05, 0) is 6.07 Å². The molecule has 1 N–H and O–H groups in total. The van der Waals surface area contributed by atoms with Gasteiger partial charge in [0.2, 0.25) is 0 Å². The van der Waals surface area contributed by atoms with Crippen LogP contribution in [-0.4, -0.2) is 12.3 Å².